The monoisotopic (exact) mass is 1040 g/mol. The van der Waals surface area contributed by atoms with Crippen LogP contribution in [0.3, 0.4) is 0 Å². The third-order valence-corrected chi connectivity index (χ3v) is 15.7. The summed E-state index contributed by atoms with van der Waals surface area (Å²) in [6.07, 6.45) is 79.7. The number of aliphatic hydroxyl groups excluding tert-OH is 2. The topological polar surface area (TPSA) is 95.9 Å². The van der Waals surface area contributed by atoms with Gasteiger partial charge >= 0.3 is 5.97 Å². The Balaban J connectivity index is 3.36. The number of carbonyl (C=O) groups excluding carboxylic acids is 2. The van der Waals surface area contributed by atoms with E-state index in [1.165, 1.54) is 308 Å². The van der Waals surface area contributed by atoms with Gasteiger partial charge < -0.3 is 20.3 Å². The fourth-order valence-corrected chi connectivity index (χ4v) is 10.6. The molecule has 0 fully saturated rings. The maximum Gasteiger partial charge on any atom is 0.305 e. The molecule has 0 aliphatic heterocycles. The van der Waals surface area contributed by atoms with Gasteiger partial charge in [0.1, 0.15) is 0 Å². The first-order chi connectivity index (χ1) is 36.5. The van der Waals surface area contributed by atoms with Crippen molar-refractivity contribution in [3.63, 3.8) is 0 Å². The van der Waals surface area contributed by atoms with E-state index in [1.54, 1.807) is 6.08 Å². The average Bonchev–Trinajstić information content (AvgIpc) is 3.40. The molecular weight excluding hydrogens is 911 g/mol. The molecule has 3 N–H and O–H groups in total. The van der Waals surface area contributed by atoms with Crippen LogP contribution in [0, 0.1) is 0 Å². The third-order valence-electron chi connectivity index (χ3n) is 15.7. The lowest BCUT2D eigenvalue weighted by molar-refractivity contribution is -0.143. The molecule has 0 radical (unpaired) electrons. The average molecular weight is 1040 g/mol. The van der Waals surface area contributed by atoms with Gasteiger partial charge in [-0.3, -0.25) is 9.59 Å². The lowest BCUT2D eigenvalue weighted by Crippen LogP contribution is -2.45. The van der Waals surface area contributed by atoms with Crippen LogP contribution >= 0.6 is 0 Å². The highest BCUT2D eigenvalue weighted by Crippen LogP contribution is 2.18. The molecule has 0 rings (SSSR count). The molecule has 0 saturated heterocycles. The van der Waals surface area contributed by atoms with Gasteiger partial charge in [0.25, 0.3) is 0 Å². The number of hydrogen-bond donors (Lipinski definition) is 3. The van der Waals surface area contributed by atoms with Gasteiger partial charge in [0, 0.05) is 12.8 Å². The van der Waals surface area contributed by atoms with Gasteiger partial charge in [-0.25, -0.2) is 0 Å². The predicted octanol–water partition coefficient (Wildman–Crippen LogP) is 21.4. The summed E-state index contributed by atoms with van der Waals surface area (Å²) in [5.74, 6) is -0.0456. The first-order valence-corrected chi connectivity index (χ1v) is 33.6. The number of unbranched alkanes of at least 4 members (excludes halogenated alkanes) is 50. The molecule has 74 heavy (non-hydrogen) atoms. The maximum atomic E-state index is 12.5. The van der Waals surface area contributed by atoms with Crippen LogP contribution in [0.15, 0.2) is 24.3 Å². The van der Waals surface area contributed by atoms with Crippen molar-refractivity contribution in [2.24, 2.45) is 0 Å². The molecule has 0 aromatic rings. The van der Waals surface area contributed by atoms with Crippen LogP contribution in [-0.4, -0.2) is 47.4 Å². The molecule has 0 spiro atoms. The van der Waals surface area contributed by atoms with E-state index in [0.717, 1.165) is 38.5 Å². The van der Waals surface area contributed by atoms with Gasteiger partial charge in [-0.2, -0.15) is 0 Å². The summed E-state index contributed by atoms with van der Waals surface area (Å²) in [6.45, 7) is 4.92. The van der Waals surface area contributed by atoms with Crippen LogP contribution in [0.2, 0.25) is 0 Å². The van der Waals surface area contributed by atoms with Crippen molar-refractivity contribution in [1.29, 1.82) is 0 Å². The van der Waals surface area contributed by atoms with Crippen molar-refractivity contribution in [2.45, 2.75) is 386 Å². The van der Waals surface area contributed by atoms with Crippen LogP contribution < -0.4 is 5.32 Å². The molecule has 0 bridgehead atoms. The van der Waals surface area contributed by atoms with Crippen molar-refractivity contribution >= 4 is 11.9 Å². The Kier molecular flexibility index (Phi) is 62.4. The molecule has 0 heterocycles. The SMILES string of the molecule is CCCCCCCCCCCCCC/C=C/C(O)C(CO)NC(=O)CCCCCCCCCCCCCCCCCC/C=C\CCCCCCCCCCCCCCOC(=O)CCCCCCCCCCCCC. The second-order valence-electron chi connectivity index (χ2n) is 23.2. The quantitative estimate of drug-likeness (QED) is 0.0320. The van der Waals surface area contributed by atoms with Gasteiger partial charge in [-0.15, -0.1) is 0 Å². The molecule has 2 unspecified atom stereocenters. The number of carbonyl (C=O) groups is 2. The molecule has 1 amide bonds. The minimum atomic E-state index is -0.841. The number of rotatable bonds is 63. The van der Waals surface area contributed by atoms with Crippen molar-refractivity contribution in [2.75, 3.05) is 13.2 Å². The van der Waals surface area contributed by atoms with Crippen LogP contribution in [0.5, 0.6) is 0 Å². The zero-order chi connectivity index (χ0) is 53.6. The lowest BCUT2D eigenvalue weighted by Gasteiger charge is -2.20. The highest BCUT2D eigenvalue weighted by Gasteiger charge is 2.18. The number of amides is 1. The summed E-state index contributed by atoms with van der Waals surface area (Å²) in [4.78, 5) is 24.5. The molecule has 438 valence electrons. The first-order valence-electron chi connectivity index (χ1n) is 33.6. The Morgan fingerprint density at radius 2 is 0.635 bits per heavy atom. The molecule has 2 atom stereocenters. The number of hydrogen-bond acceptors (Lipinski definition) is 5. The molecule has 6 nitrogen and oxygen atoms in total. The standard InChI is InChI=1S/C68H131NO5/c1-3-5-7-9-11-13-15-16-37-41-44-48-52-56-60-66(71)65(64-70)69-67(72)61-57-53-49-45-42-38-35-33-31-29-27-25-23-21-19-17-18-20-22-24-26-28-30-32-34-36-39-43-47-51-55-59-63-74-68(73)62-58-54-50-46-40-14-12-10-8-6-4-2/h20,22,56,60,65-66,70-71H,3-19,21,23-55,57-59,61-64H2,1-2H3,(H,69,72)/b22-20-,60-56+. The zero-order valence-electron chi connectivity index (χ0n) is 50.1. The van der Waals surface area contributed by atoms with Crippen molar-refractivity contribution in [3.05, 3.63) is 24.3 Å². The molecule has 0 aromatic heterocycles. The zero-order valence-corrected chi connectivity index (χ0v) is 50.1. The third kappa shape index (κ3) is 59.6. The maximum absolute atomic E-state index is 12.5. The second kappa shape index (κ2) is 63.9. The molecule has 0 saturated carbocycles. The van der Waals surface area contributed by atoms with E-state index in [1.807, 2.05) is 6.08 Å². The summed E-state index contributed by atoms with van der Waals surface area (Å²) < 4.78 is 5.47. The lowest BCUT2D eigenvalue weighted by atomic mass is 10.0. The Labute approximate surface area is 462 Å². The van der Waals surface area contributed by atoms with Gasteiger partial charge in [0.05, 0.1) is 25.4 Å². The number of esters is 1. The fourth-order valence-electron chi connectivity index (χ4n) is 10.6. The molecule has 0 aliphatic rings. The summed E-state index contributed by atoms with van der Waals surface area (Å²) in [6, 6.07) is -0.625. The summed E-state index contributed by atoms with van der Waals surface area (Å²) in [5.41, 5.74) is 0. The van der Waals surface area contributed by atoms with E-state index < -0.39 is 12.1 Å². The van der Waals surface area contributed by atoms with E-state index in [4.69, 9.17) is 4.74 Å². The van der Waals surface area contributed by atoms with Crippen LogP contribution in [0.4, 0.5) is 0 Å². The van der Waals surface area contributed by atoms with Crippen LogP contribution in [0.1, 0.15) is 373 Å². The smallest absolute Gasteiger partial charge is 0.305 e. The minimum Gasteiger partial charge on any atom is -0.466 e. The number of nitrogens with one attached hydrogen (secondary N) is 1. The molecule has 0 aliphatic carbocycles. The molecular formula is C68H131NO5. The van der Waals surface area contributed by atoms with Gasteiger partial charge in [0.15, 0.2) is 0 Å². The van der Waals surface area contributed by atoms with Gasteiger partial charge in [0.2, 0.25) is 5.91 Å². The highest BCUT2D eigenvalue weighted by atomic mass is 16.5. The molecule has 0 aromatic carbocycles. The van der Waals surface area contributed by atoms with E-state index in [9.17, 15) is 19.8 Å². The highest BCUT2D eigenvalue weighted by molar-refractivity contribution is 5.76. The summed E-state index contributed by atoms with van der Waals surface area (Å²) >= 11 is 0. The van der Waals surface area contributed by atoms with E-state index in [2.05, 4.69) is 31.3 Å². The Morgan fingerprint density at radius 3 is 0.959 bits per heavy atom. The van der Waals surface area contributed by atoms with Crippen molar-refractivity contribution in [3.8, 4) is 0 Å². The Morgan fingerprint density at radius 1 is 0.365 bits per heavy atom. The van der Waals surface area contributed by atoms with Crippen molar-refractivity contribution in [1.82, 2.24) is 5.32 Å². The van der Waals surface area contributed by atoms with Crippen molar-refractivity contribution < 1.29 is 24.5 Å². The number of allylic oxidation sites excluding steroid dienone is 3. The fraction of sp³-hybridized carbons (Fsp3) is 0.912. The first kappa shape index (κ1) is 72.3. The normalized spacial score (nSPS) is 12.6. The summed E-state index contributed by atoms with van der Waals surface area (Å²) in [7, 11) is 0. The van der Waals surface area contributed by atoms with Crippen LogP contribution in [-0.2, 0) is 14.3 Å². The largest absolute Gasteiger partial charge is 0.466 e. The minimum absolute atomic E-state index is 0.0180. The molecule has 6 heteroatoms. The Bertz CT molecular complexity index is 1150. The van der Waals surface area contributed by atoms with E-state index >= 15 is 0 Å². The van der Waals surface area contributed by atoms with Gasteiger partial charge in [-0.1, -0.05) is 327 Å². The number of ether oxygens (including phenoxy) is 1. The van der Waals surface area contributed by atoms with E-state index in [-0.39, 0.29) is 18.5 Å². The second-order valence-corrected chi connectivity index (χ2v) is 23.2. The van der Waals surface area contributed by atoms with Gasteiger partial charge in [-0.05, 0) is 57.8 Å². The Hall–Kier alpha value is -1.66. The van der Waals surface area contributed by atoms with E-state index in [0.29, 0.717) is 19.4 Å². The number of aliphatic hydroxyl groups is 2. The van der Waals surface area contributed by atoms with Crippen LogP contribution in [0.25, 0.3) is 0 Å². The summed E-state index contributed by atoms with van der Waals surface area (Å²) in [5, 5.41) is 23.1. The predicted molar refractivity (Wildman–Crippen MR) is 324 cm³/mol.